The number of fused-ring (bicyclic) bond motifs is 3. The largest absolute Gasteiger partial charge is 0.495 e. The minimum atomic E-state index is -3.94. The first-order chi connectivity index (χ1) is 25.2. The Balaban J connectivity index is 1.21. The van der Waals surface area contributed by atoms with Crippen LogP contribution in [0.2, 0.25) is 5.02 Å². The van der Waals surface area contributed by atoms with E-state index in [1.165, 1.54) is 18.4 Å². The van der Waals surface area contributed by atoms with Gasteiger partial charge >= 0.3 is 0 Å². The van der Waals surface area contributed by atoms with Gasteiger partial charge < -0.3 is 19.7 Å². The molecule has 5 unspecified atom stereocenters. The average molecular weight is 784 g/mol. The first-order valence-corrected chi connectivity index (χ1v) is 21.0. The zero-order chi connectivity index (χ0) is 37.9. The maximum absolute atomic E-state index is 14.3. The number of hydrogen-bond donors (Lipinski definition) is 2. The third-order valence-corrected chi connectivity index (χ3v) is 14.7. The third-order valence-electron chi connectivity index (χ3n) is 11.3. The van der Waals surface area contributed by atoms with Crippen molar-refractivity contribution in [3.8, 4) is 22.2 Å². The zero-order valence-electron chi connectivity index (χ0n) is 30.6. The number of thiazole rings is 1. The van der Waals surface area contributed by atoms with Crippen molar-refractivity contribution in [1.29, 1.82) is 0 Å². The van der Waals surface area contributed by atoms with Crippen LogP contribution >= 0.6 is 22.9 Å². The number of methoxy groups -OCH3 is 1. The molecule has 0 saturated heterocycles. The number of carbonyl (C=O) groups excluding carboxylic acids is 3. The van der Waals surface area contributed by atoms with Gasteiger partial charge in [0.2, 0.25) is 21.8 Å². The second kappa shape index (κ2) is 14.2. The van der Waals surface area contributed by atoms with Crippen LogP contribution in [0, 0.1) is 17.8 Å². The molecule has 284 valence electrons. The molecule has 15 heteroatoms. The Morgan fingerprint density at radius 2 is 1.89 bits per heavy atom. The number of sulfonamides is 1. The molecule has 3 saturated carbocycles. The number of nitrogens with one attached hydrogen (secondary N) is 2. The summed E-state index contributed by atoms with van der Waals surface area (Å²) < 4.78 is 39.7. The van der Waals surface area contributed by atoms with Crippen molar-refractivity contribution in [2.45, 2.75) is 94.4 Å². The van der Waals surface area contributed by atoms with E-state index in [-0.39, 0.29) is 37.0 Å². The lowest BCUT2D eigenvalue weighted by molar-refractivity contribution is -0.140. The summed E-state index contributed by atoms with van der Waals surface area (Å²) in [5.41, 5.74) is 0.556. The Morgan fingerprint density at radius 3 is 2.58 bits per heavy atom. The topological polar surface area (TPSA) is 157 Å². The van der Waals surface area contributed by atoms with E-state index in [0.29, 0.717) is 57.5 Å². The molecule has 0 bridgehead atoms. The SMILES string of the molecule is COc1ccc2c(OC3CC4C(=O)NC5(C(=O)NS(=O)(=O)C6(C)CC6)CC5/C=C\CCCCN(C)C(=O)C4C3)cc(-c3nc(C(C)C)cs3)nc2c1Cl. The summed E-state index contributed by atoms with van der Waals surface area (Å²) in [4.78, 5) is 53.5. The maximum Gasteiger partial charge on any atom is 0.259 e. The number of halogens is 1. The van der Waals surface area contributed by atoms with Gasteiger partial charge in [-0.05, 0) is 76.3 Å². The molecular formula is C38H46ClN5O7S2. The van der Waals surface area contributed by atoms with Gasteiger partial charge in [-0.15, -0.1) is 11.3 Å². The van der Waals surface area contributed by atoms with Crippen molar-refractivity contribution < 1.29 is 32.3 Å². The van der Waals surface area contributed by atoms with E-state index < -0.39 is 50.1 Å². The second-order valence-electron chi connectivity index (χ2n) is 15.5. The van der Waals surface area contributed by atoms with Crippen LogP contribution in [-0.4, -0.2) is 78.1 Å². The van der Waals surface area contributed by atoms with Crippen LogP contribution < -0.4 is 19.5 Å². The number of benzene rings is 1. The maximum atomic E-state index is 14.3. The van der Waals surface area contributed by atoms with Crippen LogP contribution in [0.3, 0.4) is 0 Å². The number of amides is 3. The van der Waals surface area contributed by atoms with Crippen LogP contribution in [0.4, 0.5) is 0 Å². The molecule has 3 fully saturated rings. The van der Waals surface area contributed by atoms with Crippen molar-refractivity contribution in [2.75, 3.05) is 20.7 Å². The van der Waals surface area contributed by atoms with Gasteiger partial charge in [0.05, 0.1) is 34.9 Å². The number of aromatic nitrogens is 2. The summed E-state index contributed by atoms with van der Waals surface area (Å²) >= 11 is 8.27. The van der Waals surface area contributed by atoms with Gasteiger partial charge in [-0.3, -0.25) is 19.1 Å². The Hall–Kier alpha value is -3.75. The van der Waals surface area contributed by atoms with Crippen molar-refractivity contribution in [3.05, 3.63) is 46.4 Å². The highest BCUT2D eigenvalue weighted by atomic mass is 35.5. The molecule has 2 aromatic heterocycles. The highest BCUT2D eigenvalue weighted by molar-refractivity contribution is 7.91. The number of carbonyl (C=O) groups is 3. The van der Waals surface area contributed by atoms with Crippen LogP contribution in [0.25, 0.3) is 21.6 Å². The Morgan fingerprint density at radius 1 is 1.13 bits per heavy atom. The van der Waals surface area contributed by atoms with Crippen molar-refractivity contribution in [1.82, 2.24) is 24.9 Å². The predicted octanol–water partition coefficient (Wildman–Crippen LogP) is 5.99. The number of allylic oxidation sites excluding steroid dienone is 1. The Labute approximate surface area is 319 Å². The van der Waals surface area contributed by atoms with E-state index in [1.807, 2.05) is 29.7 Å². The first-order valence-electron chi connectivity index (χ1n) is 18.3. The van der Waals surface area contributed by atoms with E-state index in [1.54, 1.807) is 24.9 Å². The molecule has 3 aliphatic carbocycles. The molecule has 12 nitrogen and oxygen atoms in total. The highest BCUT2D eigenvalue weighted by Gasteiger charge is 2.63. The number of ether oxygens (including phenoxy) is 2. The van der Waals surface area contributed by atoms with E-state index in [0.717, 1.165) is 25.0 Å². The lowest BCUT2D eigenvalue weighted by Crippen LogP contribution is -2.55. The van der Waals surface area contributed by atoms with Gasteiger partial charge in [-0.25, -0.2) is 18.4 Å². The highest BCUT2D eigenvalue weighted by Crippen LogP contribution is 2.49. The molecular weight excluding hydrogens is 738 g/mol. The first kappa shape index (κ1) is 37.6. The summed E-state index contributed by atoms with van der Waals surface area (Å²) in [6.07, 6.45) is 7.33. The number of nitrogens with zero attached hydrogens (tertiary/aromatic N) is 3. The van der Waals surface area contributed by atoms with Crippen LogP contribution in [0.15, 0.2) is 35.7 Å². The lowest BCUT2D eigenvalue weighted by atomic mass is 9.93. The van der Waals surface area contributed by atoms with Crippen LogP contribution in [0.1, 0.15) is 83.7 Å². The fraction of sp³-hybridized carbons (Fsp3) is 0.553. The van der Waals surface area contributed by atoms with Gasteiger partial charge in [0.1, 0.15) is 38.9 Å². The molecule has 0 spiro atoms. The lowest BCUT2D eigenvalue weighted by Gasteiger charge is -2.27. The summed E-state index contributed by atoms with van der Waals surface area (Å²) in [6, 6.07) is 5.39. The molecule has 4 aliphatic rings. The quantitative estimate of drug-likeness (QED) is 0.262. The number of rotatable bonds is 8. The van der Waals surface area contributed by atoms with Gasteiger partial charge in [0.15, 0.2) is 0 Å². The van der Waals surface area contributed by atoms with Crippen molar-refractivity contribution >= 4 is 61.6 Å². The summed E-state index contributed by atoms with van der Waals surface area (Å²) in [5, 5.41) is 6.62. The Kier molecular flexibility index (Phi) is 10.0. The molecule has 53 heavy (non-hydrogen) atoms. The summed E-state index contributed by atoms with van der Waals surface area (Å²) in [7, 11) is -0.652. The predicted molar refractivity (Wildman–Crippen MR) is 203 cm³/mol. The third kappa shape index (κ3) is 7.14. The minimum absolute atomic E-state index is 0.170. The van der Waals surface area contributed by atoms with Crippen molar-refractivity contribution in [3.63, 3.8) is 0 Å². The van der Waals surface area contributed by atoms with Gasteiger partial charge in [0.25, 0.3) is 5.91 Å². The fourth-order valence-electron chi connectivity index (χ4n) is 7.41. The average Bonchev–Trinajstić information content (AvgIpc) is 3.89. The van der Waals surface area contributed by atoms with E-state index in [4.69, 9.17) is 31.0 Å². The standard InChI is InChI=1S/C38H46ClN5O7S2/c1-21(2)28-20-52-34(41-28)27-18-30(24-11-12-29(50-5)31(39)32(24)40-27)51-23-16-25-26(17-23)35(46)44(4)15-9-7-6-8-10-22-19-38(22,42-33(25)45)36(47)43-53(48,49)37(3)13-14-37/h8,10-12,18,20-23,25-26H,6-7,9,13-17,19H2,1-5H3,(H,42,45)(H,43,47)/b10-8-. The summed E-state index contributed by atoms with van der Waals surface area (Å²) in [6.45, 7) is 6.30. The van der Waals surface area contributed by atoms with Crippen LogP contribution in [0.5, 0.6) is 11.5 Å². The molecule has 3 amide bonds. The molecule has 0 radical (unpaired) electrons. The normalized spacial score (nSPS) is 27.7. The molecule has 7 rings (SSSR count). The Bertz CT molecular complexity index is 2100. The van der Waals surface area contributed by atoms with Crippen molar-refractivity contribution in [2.24, 2.45) is 17.8 Å². The summed E-state index contributed by atoms with van der Waals surface area (Å²) in [5.74, 6) is -2.14. The van der Waals surface area contributed by atoms with E-state index >= 15 is 0 Å². The number of pyridine rings is 1. The molecule has 1 aromatic carbocycles. The van der Waals surface area contributed by atoms with Gasteiger partial charge in [-0.2, -0.15) is 0 Å². The van der Waals surface area contributed by atoms with Gasteiger partial charge in [0, 0.05) is 36.3 Å². The number of hydrogen-bond acceptors (Lipinski definition) is 10. The smallest absolute Gasteiger partial charge is 0.259 e. The fourth-order valence-corrected chi connectivity index (χ4v) is 9.95. The second-order valence-corrected chi connectivity index (χ2v) is 18.9. The molecule has 5 atom stereocenters. The molecule has 3 aromatic rings. The zero-order valence-corrected chi connectivity index (χ0v) is 33.0. The minimum Gasteiger partial charge on any atom is -0.495 e. The van der Waals surface area contributed by atoms with Crippen LogP contribution in [-0.2, 0) is 24.4 Å². The molecule has 1 aliphatic heterocycles. The molecule has 3 heterocycles. The van der Waals surface area contributed by atoms with E-state index in [9.17, 15) is 22.8 Å². The van der Waals surface area contributed by atoms with Gasteiger partial charge in [-0.1, -0.05) is 37.6 Å². The molecule has 2 N–H and O–H groups in total. The van der Waals surface area contributed by atoms with E-state index in [2.05, 4.69) is 23.9 Å². The monoisotopic (exact) mass is 783 g/mol.